The third kappa shape index (κ3) is 4.25. The quantitative estimate of drug-likeness (QED) is 0.374. The lowest BCUT2D eigenvalue weighted by molar-refractivity contribution is 0.762. The minimum Gasteiger partial charge on any atom is -0.245 e. The predicted molar refractivity (Wildman–Crippen MR) is 28.3 cm³/mol. The van der Waals surface area contributed by atoms with E-state index in [4.69, 9.17) is 11.6 Å². The summed E-state index contributed by atoms with van der Waals surface area (Å²) in [6, 6.07) is 0. The summed E-state index contributed by atoms with van der Waals surface area (Å²) in [6.07, 6.45) is 1.01. The molecule has 0 rings (SSSR count). The van der Waals surface area contributed by atoms with E-state index in [0.29, 0.717) is 0 Å². The SMILES string of the molecule is C[N]CCCCl. The molecule has 0 aromatic carbocycles. The Hall–Kier alpha value is 0.250. The zero-order chi connectivity index (χ0) is 4.83. The largest absolute Gasteiger partial charge is 0.245 e. The number of alkyl halides is 1. The Morgan fingerprint density at radius 3 is 2.50 bits per heavy atom. The summed E-state index contributed by atoms with van der Waals surface area (Å²) < 4.78 is 0. The van der Waals surface area contributed by atoms with Crippen molar-refractivity contribution in [1.82, 2.24) is 5.32 Å². The highest BCUT2D eigenvalue weighted by molar-refractivity contribution is 6.17. The van der Waals surface area contributed by atoms with Crippen molar-refractivity contribution in [3.63, 3.8) is 0 Å². The van der Waals surface area contributed by atoms with Gasteiger partial charge in [0.1, 0.15) is 0 Å². The first-order chi connectivity index (χ1) is 2.91. The van der Waals surface area contributed by atoms with Gasteiger partial charge in [-0.05, 0) is 6.42 Å². The molecular formula is C4H9ClN. The topological polar surface area (TPSA) is 14.1 Å². The van der Waals surface area contributed by atoms with Crippen LogP contribution in [0.1, 0.15) is 6.42 Å². The summed E-state index contributed by atoms with van der Waals surface area (Å²) in [7, 11) is 1.80. The van der Waals surface area contributed by atoms with Crippen LogP contribution in [0.2, 0.25) is 0 Å². The molecule has 0 saturated heterocycles. The Bertz CT molecular complexity index is 19.5. The summed E-state index contributed by atoms with van der Waals surface area (Å²) >= 11 is 5.32. The second-order valence-electron chi connectivity index (χ2n) is 1.08. The Morgan fingerprint density at radius 2 is 2.33 bits per heavy atom. The number of hydrogen-bond donors (Lipinski definition) is 0. The second-order valence-corrected chi connectivity index (χ2v) is 1.46. The maximum absolute atomic E-state index is 5.32. The number of hydrogen-bond acceptors (Lipinski definition) is 0. The maximum Gasteiger partial charge on any atom is 0.0236 e. The van der Waals surface area contributed by atoms with Crippen molar-refractivity contribution in [2.24, 2.45) is 0 Å². The van der Waals surface area contributed by atoms with Crippen LogP contribution in [0.25, 0.3) is 0 Å². The molecule has 0 amide bonds. The van der Waals surface area contributed by atoms with Crippen molar-refractivity contribution in [2.45, 2.75) is 6.42 Å². The van der Waals surface area contributed by atoms with Gasteiger partial charge >= 0.3 is 0 Å². The standard InChI is InChI=1S/C4H9ClN/c1-6-4-2-3-5/h2-4H2,1H3. The molecule has 0 spiro atoms. The van der Waals surface area contributed by atoms with Gasteiger partial charge < -0.3 is 0 Å². The average Bonchev–Trinajstić information content (AvgIpc) is 1.61. The molecule has 0 aliphatic rings. The molecule has 0 fully saturated rings. The molecule has 0 aromatic heterocycles. The van der Waals surface area contributed by atoms with Crippen LogP contribution >= 0.6 is 11.6 Å². The van der Waals surface area contributed by atoms with E-state index in [1.807, 2.05) is 0 Å². The maximum atomic E-state index is 5.32. The monoisotopic (exact) mass is 106 g/mol. The molecule has 0 aromatic rings. The molecule has 1 radical (unpaired) electrons. The molecule has 0 atom stereocenters. The fourth-order valence-corrected chi connectivity index (χ4v) is 0.337. The fraction of sp³-hybridized carbons (Fsp3) is 1.00. The summed E-state index contributed by atoms with van der Waals surface area (Å²) in [6.45, 7) is 0.906. The van der Waals surface area contributed by atoms with Crippen LogP contribution in [-0.4, -0.2) is 19.5 Å². The normalized spacial score (nSPS) is 9.00. The molecule has 0 N–H and O–H groups in total. The molecule has 6 heavy (non-hydrogen) atoms. The third-order valence-electron chi connectivity index (χ3n) is 0.515. The van der Waals surface area contributed by atoms with Gasteiger partial charge in [0.15, 0.2) is 0 Å². The Kier molecular flexibility index (Phi) is 5.47. The zero-order valence-electron chi connectivity index (χ0n) is 3.95. The second kappa shape index (κ2) is 5.25. The van der Waals surface area contributed by atoms with E-state index < -0.39 is 0 Å². The van der Waals surface area contributed by atoms with E-state index in [1.54, 1.807) is 7.05 Å². The van der Waals surface area contributed by atoms with Gasteiger partial charge in [0.05, 0.1) is 0 Å². The third-order valence-corrected chi connectivity index (χ3v) is 0.783. The summed E-state index contributed by atoms with van der Waals surface area (Å²) in [5.41, 5.74) is 0. The molecule has 37 valence electrons. The lowest BCUT2D eigenvalue weighted by Gasteiger charge is -1.86. The molecule has 2 heteroatoms. The molecule has 0 bridgehead atoms. The summed E-state index contributed by atoms with van der Waals surface area (Å²) in [5, 5.41) is 3.84. The van der Waals surface area contributed by atoms with Gasteiger partial charge in [0.2, 0.25) is 0 Å². The minimum atomic E-state index is 0.733. The smallest absolute Gasteiger partial charge is 0.0236 e. The highest BCUT2D eigenvalue weighted by atomic mass is 35.5. The Labute approximate surface area is 43.7 Å². The van der Waals surface area contributed by atoms with Gasteiger partial charge in [-0.25, -0.2) is 5.32 Å². The van der Waals surface area contributed by atoms with E-state index >= 15 is 0 Å². The highest BCUT2D eigenvalue weighted by Crippen LogP contribution is 1.79. The first kappa shape index (κ1) is 6.25. The van der Waals surface area contributed by atoms with E-state index in [-0.39, 0.29) is 0 Å². The minimum absolute atomic E-state index is 0.733. The molecule has 0 saturated carbocycles. The molecular weight excluding hydrogens is 97.5 g/mol. The van der Waals surface area contributed by atoms with Gasteiger partial charge in [-0.2, -0.15) is 0 Å². The molecule has 0 aliphatic carbocycles. The van der Waals surface area contributed by atoms with Crippen LogP contribution in [-0.2, 0) is 0 Å². The average molecular weight is 107 g/mol. The van der Waals surface area contributed by atoms with Crippen molar-refractivity contribution in [1.29, 1.82) is 0 Å². The Balaban J connectivity index is 2.34. The molecule has 0 aliphatic heterocycles. The van der Waals surface area contributed by atoms with Crippen LogP contribution < -0.4 is 5.32 Å². The van der Waals surface area contributed by atoms with Crippen LogP contribution in [0.5, 0.6) is 0 Å². The summed E-state index contributed by atoms with van der Waals surface area (Å²) in [5.74, 6) is 0.733. The first-order valence-corrected chi connectivity index (χ1v) is 2.57. The van der Waals surface area contributed by atoms with Crippen molar-refractivity contribution in [3.8, 4) is 0 Å². The molecule has 0 heterocycles. The van der Waals surface area contributed by atoms with Crippen LogP contribution in [0.4, 0.5) is 0 Å². The van der Waals surface area contributed by atoms with Crippen molar-refractivity contribution >= 4 is 11.6 Å². The fourth-order valence-electron chi connectivity index (χ4n) is 0.218. The lowest BCUT2D eigenvalue weighted by atomic mass is 10.5. The van der Waals surface area contributed by atoms with Gasteiger partial charge in [0, 0.05) is 19.5 Å². The van der Waals surface area contributed by atoms with Gasteiger partial charge in [-0.1, -0.05) is 0 Å². The van der Waals surface area contributed by atoms with Gasteiger partial charge in [-0.3, -0.25) is 0 Å². The zero-order valence-corrected chi connectivity index (χ0v) is 4.70. The van der Waals surface area contributed by atoms with Crippen LogP contribution in [0.15, 0.2) is 0 Å². The molecule has 0 unspecified atom stereocenters. The number of rotatable bonds is 3. The lowest BCUT2D eigenvalue weighted by Crippen LogP contribution is -1.98. The highest BCUT2D eigenvalue weighted by Gasteiger charge is 1.76. The van der Waals surface area contributed by atoms with Gasteiger partial charge in [0.25, 0.3) is 0 Å². The first-order valence-electron chi connectivity index (χ1n) is 2.03. The van der Waals surface area contributed by atoms with E-state index in [1.165, 1.54) is 0 Å². The van der Waals surface area contributed by atoms with Crippen molar-refractivity contribution < 1.29 is 0 Å². The Morgan fingerprint density at radius 1 is 1.67 bits per heavy atom. The van der Waals surface area contributed by atoms with Gasteiger partial charge in [-0.15, -0.1) is 11.6 Å². The summed E-state index contributed by atoms with van der Waals surface area (Å²) in [4.78, 5) is 0. The molecule has 1 nitrogen and oxygen atoms in total. The number of halogens is 1. The van der Waals surface area contributed by atoms with Crippen molar-refractivity contribution in [2.75, 3.05) is 19.5 Å². The number of nitrogens with zero attached hydrogens (tertiary/aromatic N) is 1. The van der Waals surface area contributed by atoms with Crippen LogP contribution in [0.3, 0.4) is 0 Å². The predicted octanol–water partition coefficient (Wildman–Crippen LogP) is 0.849. The van der Waals surface area contributed by atoms with E-state index in [9.17, 15) is 0 Å². The van der Waals surface area contributed by atoms with E-state index in [0.717, 1.165) is 18.8 Å². The van der Waals surface area contributed by atoms with E-state index in [2.05, 4.69) is 5.32 Å². The van der Waals surface area contributed by atoms with Crippen molar-refractivity contribution in [3.05, 3.63) is 0 Å². The van der Waals surface area contributed by atoms with Crippen LogP contribution in [0, 0.1) is 0 Å².